The number of amides is 1. The molecule has 0 atom stereocenters. The molecule has 0 aromatic carbocycles. The van der Waals surface area contributed by atoms with Gasteiger partial charge in [-0.15, -0.1) is 10.2 Å². The van der Waals surface area contributed by atoms with Crippen molar-refractivity contribution in [2.24, 2.45) is 11.1 Å². The van der Waals surface area contributed by atoms with Gasteiger partial charge in [0.25, 0.3) is 5.91 Å². The Labute approximate surface area is 120 Å². The van der Waals surface area contributed by atoms with Crippen LogP contribution < -0.4 is 16.4 Å². The number of carbonyl (C=O) groups excluding carboxylic acids is 1. The SMILES string of the molecule is CCNC(=O)c1ccc(NCC(C)(C)CCCN)nn1. The van der Waals surface area contributed by atoms with Crippen LogP contribution in [0.2, 0.25) is 0 Å². The third kappa shape index (κ3) is 5.52. The number of anilines is 1. The van der Waals surface area contributed by atoms with Crippen LogP contribution >= 0.6 is 0 Å². The number of nitrogens with one attached hydrogen (secondary N) is 2. The minimum Gasteiger partial charge on any atom is -0.368 e. The predicted octanol–water partition coefficient (Wildman–Crippen LogP) is 1.40. The van der Waals surface area contributed by atoms with E-state index in [4.69, 9.17) is 5.73 Å². The van der Waals surface area contributed by atoms with Gasteiger partial charge in [-0.25, -0.2) is 0 Å². The van der Waals surface area contributed by atoms with Gasteiger partial charge in [-0.1, -0.05) is 13.8 Å². The largest absolute Gasteiger partial charge is 0.368 e. The number of carbonyl (C=O) groups is 1. The van der Waals surface area contributed by atoms with E-state index in [9.17, 15) is 4.79 Å². The average Bonchev–Trinajstić information content (AvgIpc) is 2.44. The summed E-state index contributed by atoms with van der Waals surface area (Å²) in [6.07, 6.45) is 2.07. The van der Waals surface area contributed by atoms with Crippen LogP contribution in [0.3, 0.4) is 0 Å². The molecule has 0 saturated carbocycles. The molecule has 1 heterocycles. The minimum atomic E-state index is -0.199. The van der Waals surface area contributed by atoms with Gasteiger partial charge >= 0.3 is 0 Å². The van der Waals surface area contributed by atoms with Crippen LogP contribution in [0, 0.1) is 5.41 Å². The molecule has 6 heteroatoms. The predicted molar refractivity (Wildman–Crippen MR) is 80.6 cm³/mol. The number of hydrogen-bond donors (Lipinski definition) is 3. The highest BCUT2D eigenvalue weighted by atomic mass is 16.1. The summed E-state index contributed by atoms with van der Waals surface area (Å²) in [5.41, 5.74) is 6.02. The molecule has 6 nitrogen and oxygen atoms in total. The third-order valence-corrected chi connectivity index (χ3v) is 3.04. The maximum Gasteiger partial charge on any atom is 0.271 e. The van der Waals surface area contributed by atoms with Gasteiger partial charge in [-0.2, -0.15) is 0 Å². The van der Waals surface area contributed by atoms with Crippen molar-refractivity contribution in [3.8, 4) is 0 Å². The first kappa shape index (κ1) is 16.4. The molecule has 1 amide bonds. The van der Waals surface area contributed by atoms with Crippen LogP contribution in [0.4, 0.5) is 5.82 Å². The highest BCUT2D eigenvalue weighted by Crippen LogP contribution is 2.22. The molecule has 0 saturated heterocycles. The lowest BCUT2D eigenvalue weighted by atomic mass is 9.88. The van der Waals surface area contributed by atoms with Crippen molar-refractivity contribution >= 4 is 11.7 Å². The molecule has 1 aromatic rings. The smallest absolute Gasteiger partial charge is 0.271 e. The summed E-state index contributed by atoms with van der Waals surface area (Å²) in [4.78, 5) is 11.5. The molecule has 1 aromatic heterocycles. The fraction of sp³-hybridized carbons (Fsp3) is 0.643. The Balaban J connectivity index is 2.51. The number of hydrogen-bond acceptors (Lipinski definition) is 5. The second kappa shape index (κ2) is 7.79. The maximum atomic E-state index is 11.5. The number of nitrogens with zero attached hydrogens (tertiary/aromatic N) is 2. The van der Waals surface area contributed by atoms with Crippen LogP contribution in [0.5, 0.6) is 0 Å². The summed E-state index contributed by atoms with van der Waals surface area (Å²) in [6, 6.07) is 3.45. The quantitative estimate of drug-likeness (QED) is 0.669. The normalized spacial score (nSPS) is 11.2. The molecule has 0 bridgehead atoms. The topological polar surface area (TPSA) is 92.9 Å². The highest BCUT2D eigenvalue weighted by Gasteiger charge is 2.17. The highest BCUT2D eigenvalue weighted by molar-refractivity contribution is 5.92. The fourth-order valence-corrected chi connectivity index (χ4v) is 1.80. The third-order valence-electron chi connectivity index (χ3n) is 3.04. The van der Waals surface area contributed by atoms with Crippen LogP contribution in [0.25, 0.3) is 0 Å². The molecule has 0 aliphatic rings. The fourth-order valence-electron chi connectivity index (χ4n) is 1.80. The summed E-state index contributed by atoms with van der Waals surface area (Å²) < 4.78 is 0. The lowest BCUT2D eigenvalue weighted by Crippen LogP contribution is -2.26. The summed E-state index contributed by atoms with van der Waals surface area (Å²) in [5, 5.41) is 13.9. The van der Waals surface area contributed by atoms with Crippen molar-refractivity contribution in [3.63, 3.8) is 0 Å². The monoisotopic (exact) mass is 279 g/mol. The number of rotatable bonds is 8. The Morgan fingerprint density at radius 3 is 2.65 bits per heavy atom. The number of aromatic nitrogens is 2. The maximum absolute atomic E-state index is 11.5. The van der Waals surface area contributed by atoms with Crippen molar-refractivity contribution in [1.29, 1.82) is 0 Å². The van der Waals surface area contributed by atoms with Gasteiger partial charge in [0, 0.05) is 13.1 Å². The zero-order valence-electron chi connectivity index (χ0n) is 12.6. The number of nitrogens with two attached hydrogens (primary N) is 1. The summed E-state index contributed by atoms with van der Waals surface area (Å²) in [5.74, 6) is 0.480. The molecular weight excluding hydrogens is 254 g/mol. The summed E-state index contributed by atoms with van der Waals surface area (Å²) in [7, 11) is 0. The lowest BCUT2D eigenvalue weighted by Gasteiger charge is -2.24. The van der Waals surface area contributed by atoms with E-state index in [0.29, 0.717) is 24.6 Å². The molecule has 112 valence electrons. The first-order valence-corrected chi connectivity index (χ1v) is 7.04. The molecule has 1 rings (SSSR count). The van der Waals surface area contributed by atoms with Crippen molar-refractivity contribution < 1.29 is 4.79 Å². The lowest BCUT2D eigenvalue weighted by molar-refractivity contribution is 0.0950. The molecular formula is C14H25N5O. The Kier molecular flexibility index (Phi) is 6.38. The van der Waals surface area contributed by atoms with Gasteiger partial charge in [0.15, 0.2) is 5.69 Å². The van der Waals surface area contributed by atoms with Gasteiger partial charge in [-0.05, 0) is 43.9 Å². The Morgan fingerprint density at radius 2 is 2.10 bits per heavy atom. The van der Waals surface area contributed by atoms with E-state index in [0.717, 1.165) is 19.4 Å². The minimum absolute atomic E-state index is 0.152. The molecule has 0 unspecified atom stereocenters. The first-order chi connectivity index (χ1) is 9.48. The van der Waals surface area contributed by atoms with Gasteiger partial charge < -0.3 is 16.4 Å². The molecule has 0 aliphatic heterocycles. The molecule has 0 spiro atoms. The van der Waals surface area contributed by atoms with E-state index >= 15 is 0 Å². The Morgan fingerprint density at radius 1 is 1.35 bits per heavy atom. The van der Waals surface area contributed by atoms with Crippen LogP contribution in [-0.2, 0) is 0 Å². The van der Waals surface area contributed by atoms with E-state index in [-0.39, 0.29) is 11.3 Å². The van der Waals surface area contributed by atoms with E-state index in [2.05, 4.69) is 34.7 Å². The van der Waals surface area contributed by atoms with Crippen molar-refractivity contribution in [3.05, 3.63) is 17.8 Å². The van der Waals surface area contributed by atoms with Gasteiger partial charge in [0.2, 0.25) is 0 Å². The van der Waals surface area contributed by atoms with E-state index < -0.39 is 0 Å². The molecule has 0 radical (unpaired) electrons. The second-order valence-electron chi connectivity index (χ2n) is 5.57. The Hall–Kier alpha value is -1.69. The molecule has 20 heavy (non-hydrogen) atoms. The zero-order chi connectivity index (χ0) is 15.0. The van der Waals surface area contributed by atoms with Crippen LogP contribution in [0.15, 0.2) is 12.1 Å². The van der Waals surface area contributed by atoms with Gasteiger partial charge in [0.1, 0.15) is 5.82 Å². The molecule has 0 fully saturated rings. The Bertz CT molecular complexity index is 416. The van der Waals surface area contributed by atoms with E-state index in [1.807, 2.05) is 6.92 Å². The van der Waals surface area contributed by atoms with E-state index in [1.54, 1.807) is 12.1 Å². The van der Waals surface area contributed by atoms with Gasteiger partial charge in [-0.3, -0.25) is 4.79 Å². The van der Waals surface area contributed by atoms with Crippen molar-refractivity contribution in [2.45, 2.75) is 33.6 Å². The first-order valence-electron chi connectivity index (χ1n) is 7.04. The van der Waals surface area contributed by atoms with Crippen LogP contribution in [0.1, 0.15) is 44.1 Å². The molecule has 0 aliphatic carbocycles. The van der Waals surface area contributed by atoms with E-state index in [1.165, 1.54) is 0 Å². The molecule has 4 N–H and O–H groups in total. The average molecular weight is 279 g/mol. The second-order valence-corrected chi connectivity index (χ2v) is 5.57. The summed E-state index contributed by atoms with van der Waals surface area (Å²) >= 11 is 0. The van der Waals surface area contributed by atoms with Crippen molar-refractivity contribution in [1.82, 2.24) is 15.5 Å². The van der Waals surface area contributed by atoms with Gasteiger partial charge in [0.05, 0.1) is 0 Å². The van der Waals surface area contributed by atoms with Crippen LogP contribution in [-0.4, -0.2) is 35.7 Å². The summed E-state index contributed by atoms with van der Waals surface area (Å²) in [6.45, 7) is 8.32. The zero-order valence-corrected chi connectivity index (χ0v) is 12.6. The standard InChI is InChI=1S/C14H25N5O/c1-4-16-13(20)11-6-7-12(19-18-11)17-10-14(2,3)8-5-9-15/h6-7H,4-5,8-10,15H2,1-3H3,(H,16,20)(H,17,19). The van der Waals surface area contributed by atoms with Crippen molar-refractivity contribution in [2.75, 3.05) is 25.0 Å².